The molecular formula is C33H53Cl2CoN3. The average molecular weight is 622 g/mol. The summed E-state index contributed by atoms with van der Waals surface area (Å²) in [5.41, 5.74) is 10.7. The molecular weight excluding hydrogens is 568 g/mol. The van der Waals surface area contributed by atoms with Crippen LogP contribution < -0.4 is 15.1 Å². The van der Waals surface area contributed by atoms with Crippen molar-refractivity contribution in [3.63, 3.8) is 0 Å². The van der Waals surface area contributed by atoms with Crippen molar-refractivity contribution >= 4 is 37.8 Å². The molecule has 0 bridgehead atoms. The van der Waals surface area contributed by atoms with Gasteiger partial charge in [0.05, 0.1) is 0 Å². The molecule has 0 heterocycles. The van der Waals surface area contributed by atoms with Crippen molar-refractivity contribution in [2.45, 2.75) is 119 Å². The van der Waals surface area contributed by atoms with Gasteiger partial charge in [-0.15, -0.1) is 0 Å². The van der Waals surface area contributed by atoms with Crippen molar-refractivity contribution in [1.82, 2.24) is 4.42 Å². The quantitative estimate of drug-likeness (QED) is 0.162. The summed E-state index contributed by atoms with van der Waals surface area (Å²) in [5, 5.41) is 7.48. The van der Waals surface area contributed by atoms with Gasteiger partial charge in [-0.1, -0.05) is 41.5 Å². The minimum absolute atomic E-state index is 0.354. The molecule has 0 aliphatic carbocycles. The van der Waals surface area contributed by atoms with Crippen LogP contribution in [0, 0.1) is 0 Å². The second-order valence-corrected chi connectivity index (χ2v) is 14.4. The van der Waals surface area contributed by atoms with Crippen LogP contribution in [0.3, 0.4) is 0 Å². The molecule has 2 aromatic carbocycles. The van der Waals surface area contributed by atoms with Gasteiger partial charge in [-0.05, 0) is 11.5 Å². The van der Waals surface area contributed by atoms with E-state index in [2.05, 4.69) is 112 Å². The maximum atomic E-state index is 6.79. The van der Waals surface area contributed by atoms with Gasteiger partial charge < -0.3 is 0 Å². The fourth-order valence-corrected chi connectivity index (χ4v) is 6.83. The summed E-state index contributed by atoms with van der Waals surface area (Å²) in [5.74, 6) is 2.58. The van der Waals surface area contributed by atoms with Crippen LogP contribution in [0.25, 0.3) is 0 Å². The number of benzene rings is 2. The predicted octanol–water partition coefficient (Wildman–Crippen LogP) is 10.2. The predicted molar refractivity (Wildman–Crippen MR) is 172 cm³/mol. The smallest absolute Gasteiger partial charge is 0.0586 e. The Hall–Kier alpha value is -0.914. The van der Waals surface area contributed by atoms with Crippen molar-refractivity contribution in [2.75, 3.05) is 30.4 Å². The third-order valence-corrected chi connectivity index (χ3v) is 9.02. The van der Waals surface area contributed by atoms with E-state index in [4.69, 9.17) is 21.9 Å². The third-order valence-electron chi connectivity index (χ3n) is 7.43. The van der Waals surface area contributed by atoms with Crippen LogP contribution in [0.4, 0.5) is 11.4 Å². The molecule has 0 atom stereocenters. The van der Waals surface area contributed by atoms with Crippen LogP contribution in [0.2, 0.25) is 0 Å². The molecule has 6 heteroatoms. The molecule has 223 valence electrons. The zero-order valence-corrected chi connectivity index (χ0v) is 28.9. The van der Waals surface area contributed by atoms with Gasteiger partial charge in [0.2, 0.25) is 0 Å². The fraction of sp³-hybridized carbons (Fsp3) is 0.636. The van der Waals surface area contributed by atoms with Crippen molar-refractivity contribution in [2.24, 2.45) is 0 Å². The van der Waals surface area contributed by atoms with Crippen molar-refractivity contribution < 1.29 is 13.8 Å². The number of nitrogens with zero attached hydrogens (tertiary/aromatic N) is 1. The van der Waals surface area contributed by atoms with Crippen molar-refractivity contribution in [1.29, 1.82) is 0 Å². The number of rotatable bonds is 14. The second-order valence-electron chi connectivity index (χ2n) is 12.6. The Kier molecular flexibility index (Phi) is 13.5. The monoisotopic (exact) mass is 620 g/mol. The van der Waals surface area contributed by atoms with Crippen molar-refractivity contribution in [3.8, 4) is 0 Å². The van der Waals surface area contributed by atoms with E-state index >= 15 is 0 Å². The molecule has 0 saturated heterocycles. The number of hydrogen-bond donors (Lipinski definition) is 2. The Morgan fingerprint density at radius 1 is 0.641 bits per heavy atom. The molecule has 39 heavy (non-hydrogen) atoms. The fourth-order valence-electron chi connectivity index (χ4n) is 5.08. The molecule has 0 unspecified atom stereocenters. The topological polar surface area (TPSA) is 27.3 Å². The molecule has 0 aromatic heterocycles. The minimum Gasteiger partial charge on any atom is -0.0586 e. The Bertz CT molecular complexity index is 1050. The van der Waals surface area contributed by atoms with Gasteiger partial charge in [-0.25, -0.2) is 0 Å². The van der Waals surface area contributed by atoms with Crippen molar-refractivity contribution in [3.05, 3.63) is 51.6 Å². The molecule has 3 nitrogen and oxygen atoms in total. The molecule has 2 rings (SSSR count). The minimum atomic E-state index is 0.354. The van der Waals surface area contributed by atoms with Crippen LogP contribution in [-0.4, -0.2) is 24.2 Å². The van der Waals surface area contributed by atoms with E-state index in [9.17, 15) is 0 Å². The Morgan fingerprint density at radius 2 is 1.13 bits per heavy atom. The van der Waals surface area contributed by atoms with E-state index in [-0.39, 0.29) is 0 Å². The zero-order chi connectivity index (χ0) is 29.6. The van der Waals surface area contributed by atoms with Gasteiger partial charge in [-0.2, -0.15) is 0 Å². The van der Waals surface area contributed by atoms with E-state index in [0.717, 1.165) is 20.3 Å². The van der Waals surface area contributed by atoms with Gasteiger partial charge >= 0.3 is 204 Å². The zero-order valence-electron chi connectivity index (χ0n) is 26.4. The summed E-state index contributed by atoms with van der Waals surface area (Å²) in [6, 6.07) is 7.13. The van der Waals surface area contributed by atoms with Crippen LogP contribution >= 0.6 is 21.9 Å². The van der Waals surface area contributed by atoms with E-state index in [1.165, 1.54) is 49.3 Å². The standard InChI is InChI=1S/C33H53ClN3.ClH.Co/c1-20(2)26-15-28(22(5)6)32(29(16-26)23(7)8)35-13-14-37(34)19-36-33-30(24(9)10)17-27(21(3)4)18-31(33)25(11)12;;/h15-17,20-25,35-36H,13-14,19H2,1-12H3;1H;/q;;+1/p-1. The van der Waals surface area contributed by atoms with Crippen LogP contribution in [0.15, 0.2) is 18.2 Å². The molecule has 0 fully saturated rings. The normalized spacial score (nSPS) is 12.4. The Balaban J connectivity index is 2.26. The van der Waals surface area contributed by atoms with Gasteiger partial charge in [0.1, 0.15) is 0 Å². The van der Waals surface area contributed by atoms with E-state index in [1.54, 1.807) is 0 Å². The average Bonchev–Trinajstić information content (AvgIpc) is 2.85. The van der Waals surface area contributed by atoms with Gasteiger partial charge in [-0.3, -0.25) is 0 Å². The molecule has 0 aliphatic rings. The van der Waals surface area contributed by atoms with Gasteiger partial charge in [0, 0.05) is 0 Å². The number of nitrogens with one attached hydrogen (secondary N) is 2. The van der Waals surface area contributed by atoms with Crippen LogP contribution in [0.1, 0.15) is 152 Å². The first kappa shape index (κ1) is 34.3. The molecule has 0 radical (unpaired) electrons. The summed E-state index contributed by atoms with van der Waals surface area (Å²) < 4.78 is 3.09. The molecule has 0 saturated carbocycles. The molecule has 0 amide bonds. The maximum absolute atomic E-state index is 6.79. The first-order valence-corrected chi connectivity index (χ1v) is 17.0. The van der Waals surface area contributed by atoms with Gasteiger partial charge in [0.15, 0.2) is 0 Å². The first-order chi connectivity index (χ1) is 18.2. The van der Waals surface area contributed by atoms with Crippen LogP contribution in [-0.2, 0) is 13.8 Å². The molecule has 0 aliphatic heterocycles. The number of hydrogen-bond acceptors (Lipinski definition) is 3. The van der Waals surface area contributed by atoms with E-state index in [1.807, 2.05) is 4.42 Å². The summed E-state index contributed by atoms with van der Waals surface area (Å²) in [4.78, 5) is 0. The summed E-state index contributed by atoms with van der Waals surface area (Å²) in [7, 11) is 6.51. The van der Waals surface area contributed by atoms with E-state index in [0.29, 0.717) is 48.7 Å². The summed E-state index contributed by atoms with van der Waals surface area (Å²) in [6.45, 7) is 29.3. The molecule has 2 aromatic rings. The molecule has 2 N–H and O–H groups in total. The summed E-state index contributed by atoms with van der Waals surface area (Å²) in [6.07, 6.45) is 0. The number of halogens is 2. The van der Waals surface area contributed by atoms with E-state index < -0.39 is 0 Å². The molecule has 0 spiro atoms. The SMILES string of the molecule is CC(C)c1cc(C(C)C)c(NCCN(Cl)CNc2c(C(C)C)cc(C(C)C)[c]([Co][Cl])c2C(C)C)c(C(C)C)c1. The first-order valence-electron chi connectivity index (χ1n) is 14.7. The second kappa shape index (κ2) is 15.4. The third kappa shape index (κ3) is 8.79. The van der Waals surface area contributed by atoms with Crippen LogP contribution in [0.5, 0.6) is 0 Å². The Morgan fingerprint density at radius 3 is 1.54 bits per heavy atom. The Labute approximate surface area is 255 Å². The number of anilines is 2. The summed E-state index contributed by atoms with van der Waals surface area (Å²) >= 11 is 7.62. The van der Waals surface area contributed by atoms with Gasteiger partial charge in [0.25, 0.3) is 0 Å².